The first-order valence-electron chi connectivity index (χ1n) is 9.51. The number of ether oxygens (including phenoxy) is 1. The minimum Gasteiger partial charge on any atom is -0.444 e. The SMILES string of the molecule is CC(C)NC(=O)[C@@H](C)NC(=O)N1CCCN1C(=O)[C@H](C)NC(=O)OC(C)(C)C. The van der Waals surface area contributed by atoms with Crippen molar-refractivity contribution in [3.05, 3.63) is 0 Å². The minimum absolute atomic E-state index is 0.0449. The topological polar surface area (TPSA) is 120 Å². The summed E-state index contributed by atoms with van der Waals surface area (Å²) in [6.07, 6.45) is -0.104. The monoisotopic (exact) mass is 399 g/mol. The van der Waals surface area contributed by atoms with Gasteiger partial charge in [0.1, 0.15) is 17.7 Å². The number of amides is 5. The van der Waals surface area contributed by atoms with Crippen LogP contribution in [0.25, 0.3) is 0 Å². The fraction of sp³-hybridized carbons (Fsp3) is 0.778. The van der Waals surface area contributed by atoms with E-state index < -0.39 is 35.7 Å². The van der Waals surface area contributed by atoms with Gasteiger partial charge in [0.2, 0.25) is 5.91 Å². The number of urea groups is 1. The molecule has 1 aliphatic rings. The van der Waals surface area contributed by atoms with Gasteiger partial charge in [-0.25, -0.2) is 19.6 Å². The van der Waals surface area contributed by atoms with Crippen LogP contribution in [0.15, 0.2) is 0 Å². The standard InChI is InChI=1S/C18H33N5O5/c1-11(2)19-14(24)12(3)20-16(26)23-10-8-9-22(23)15(25)13(4)21-17(27)28-18(5,6)7/h11-13H,8-10H2,1-7H3,(H,19,24)(H,20,26)(H,21,27)/t12-,13+/m1/s1. The van der Waals surface area contributed by atoms with Crippen LogP contribution in [0.1, 0.15) is 54.9 Å². The van der Waals surface area contributed by atoms with E-state index in [4.69, 9.17) is 4.74 Å². The lowest BCUT2D eigenvalue weighted by molar-refractivity contribution is -0.142. The van der Waals surface area contributed by atoms with E-state index in [0.717, 1.165) is 0 Å². The fourth-order valence-electron chi connectivity index (χ4n) is 2.56. The van der Waals surface area contributed by atoms with Gasteiger partial charge in [-0.15, -0.1) is 0 Å². The molecule has 1 saturated heterocycles. The largest absolute Gasteiger partial charge is 0.444 e. The van der Waals surface area contributed by atoms with Gasteiger partial charge >= 0.3 is 12.1 Å². The smallest absolute Gasteiger partial charge is 0.408 e. The highest BCUT2D eigenvalue weighted by Gasteiger charge is 2.35. The van der Waals surface area contributed by atoms with Gasteiger partial charge in [-0.05, 0) is 54.9 Å². The predicted molar refractivity (Wildman–Crippen MR) is 103 cm³/mol. The number of alkyl carbamates (subject to hydrolysis) is 1. The lowest BCUT2D eigenvalue weighted by atomic mass is 10.2. The van der Waals surface area contributed by atoms with Crippen molar-refractivity contribution in [3.63, 3.8) is 0 Å². The van der Waals surface area contributed by atoms with Crippen LogP contribution in [0.4, 0.5) is 9.59 Å². The number of hydrogen-bond acceptors (Lipinski definition) is 5. The Bertz CT molecular complexity index is 602. The van der Waals surface area contributed by atoms with Gasteiger partial charge in [-0.2, -0.15) is 0 Å². The predicted octanol–water partition coefficient (Wildman–Crippen LogP) is 0.972. The van der Waals surface area contributed by atoms with E-state index >= 15 is 0 Å². The molecule has 1 rings (SSSR count). The number of hydrazine groups is 1. The molecule has 1 fully saturated rings. The third-order valence-electron chi connectivity index (χ3n) is 3.79. The van der Waals surface area contributed by atoms with Crippen LogP contribution in [0.5, 0.6) is 0 Å². The van der Waals surface area contributed by atoms with Gasteiger partial charge in [0, 0.05) is 19.1 Å². The molecule has 0 radical (unpaired) electrons. The number of hydrogen-bond donors (Lipinski definition) is 3. The van der Waals surface area contributed by atoms with E-state index in [1.54, 1.807) is 27.7 Å². The molecule has 0 aromatic heterocycles. The van der Waals surface area contributed by atoms with Crippen molar-refractivity contribution in [2.75, 3.05) is 13.1 Å². The number of rotatable bonds is 5. The van der Waals surface area contributed by atoms with E-state index in [1.807, 2.05) is 13.8 Å². The second-order valence-electron chi connectivity index (χ2n) is 8.14. The zero-order chi connectivity index (χ0) is 21.6. The summed E-state index contributed by atoms with van der Waals surface area (Å²) >= 11 is 0. The lowest BCUT2D eigenvalue weighted by Gasteiger charge is -2.31. The van der Waals surface area contributed by atoms with E-state index in [-0.39, 0.29) is 11.9 Å². The molecule has 0 unspecified atom stereocenters. The molecular formula is C18H33N5O5. The van der Waals surface area contributed by atoms with Gasteiger partial charge < -0.3 is 20.7 Å². The molecule has 160 valence electrons. The summed E-state index contributed by atoms with van der Waals surface area (Å²) in [5.41, 5.74) is -0.681. The highest BCUT2D eigenvalue weighted by atomic mass is 16.6. The summed E-state index contributed by atoms with van der Waals surface area (Å²) in [6, 6.07) is -2.20. The molecule has 0 aromatic carbocycles. The van der Waals surface area contributed by atoms with E-state index in [0.29, 0.717) is 19.5 Å². The molecule has 0 aromatic rings. The van der Waals surface area contributed by atoms with Gasteiger partial charge in [0.05, 0.1) is 0 Å². The van der Waals surface area contributed by atoms with Crippen LogP contribution in [-0.4, -0.2) is 70.8 Å². The van der Waals surface area contributed by atoms with Crippen molar-refractivity contribution in [2.45, 2.75) is 78.6 Å². The number of nitrogens with one attached hydrogen (secondary N) is 3. The quantitative estimate of drug-likeness (QED) is 0.636. The molecule has 2 atom stereocenters. The van der Waals surface area contributed by atoms with Crippen molar-refractivity contribution in [1.29, 1.82) is 0 Å². The fourth-order valence-corrected chi connectivity index (χ4v) is 2.56. The molecule has 5 amide bonds. The van der Waals surface area contributed by atoms with Crippen molar-refractivity contribution >= 4 is 23.9 Å². The van der Waals surface area contributed by atoms with Crippen molar-refractivity contribution in [2.24, 2.45) is 0 Å². The molecule has 1 heterocycles. The molecule has 0 spiro atoms. The average Bonchev–Trinajstić information content (AvgIpc) is 3.00. The normalized spacial score (nSPS) is 16.4. The molecule has 1 aliphatic heterocycles. The Labute approximate surface area is 166 Å². The maximum absolute atomic E-state index is 12.7. The van der Waals surface area contributed by atoms with Gasteiger partial charge in [0.25, 0.3) is 5.91 Å². The Morgan fingerprint density at radius 3 is 1.96 bits per heavy atom. The summed E-state index contributed by atoms with van der Waals surface area (Å²) in [4.78, 5) is 49.1. The highest BCUT2D eigenvalue weighted by Crippen LogP contribution is 2.13. The number of nitrogens with zero attached hydrogens (tertiary/aromatic N) is 2. The molecule has 10 heteroatoms. The summed E-state index contributed by atoms with van der Waals surface area (Å²) in [5.74, 6) is -0.738. The number of carbonyl (C=O) groups excluding carboxylic acids is 4. The first-order valence-corrected chi connectivity index (χ1v) is 9.51. The second-order valence-corrected chi connectivity index (χ2v) is 8.14. The Morgan fingerprint density at radius 2 is 1.43 bits per heavy atom. The van der Waals surface area contributed by atoms with Crippen LogP contribution >= 0.6 is 0 Å². The van der Waals surface area contributed by atoms with Gasteiger partial charge in [0.15, 0.2) is 0 Å². The first-order chi connectivity index (χ1) is 12.8. The highest BCUT2D eigenvalue weighted by molar-refractivity contribution is 5.90. The van der Waals surface area contributed by atoms with Gasteiger partial charge in [-0.1, -0.05) is 0 Å². The molecule has 3 N–H and O–H groups in total. The first kappa shape index (κ1) is 23.5. The third-order valence-corrected chi connectivity index (χ3v) is 3.79. The Kier molecular flexibility index (Phi) is 8.07. The van der Waals surface area contributed by atoms with Gasteiger partial charge in [-0.3, -0.25) is 9.59 Å². The van der Waals surface area contributed by atoms with Crippen LogP contribution in [-0.2, 0) is 14.3 Å². The van der Waals surface area contributed by atoms with Crippen LogP contribution in [0.2, 0.25) is 0 Å². The zero-order valence-corrected chi connectivity index (χ0v) is 17.8. The van der Waals surface area contributed by atoms with Crippen molar-refractivity contribution in [1.82, 2.24) is 26.0 Å². The maximum atomic E-state index is 12.7. The van der Waals surface area contributed by atoms with Crippen molar-refractivity contribution in [3.8, 4) is 0 Å². The molecule has 10 nitrogen and oxygen atoms in total. The minimum atomic E-state index is -0.870. The number of carbonyl (C=O) groups is 4. The molecule has 0 bridgehead atoms. The van der Waals surface area contributed by atoms with Crippen LogP contribution < -0.4 is 16.0 Å². The average molecular weight is 399 g/mol. The third kappa shape index (κ3) is 7.24. The van der Waals surface area contributed by atoms with E-state index in [9.17, 15) is 19.2 Å². The Balaban J connectivity index is 2.67. The zero-order valence-electron chi connectivity index (χ0n) is 17.8. The summed E-state index contributed by atoms with van der Waals surface area (Å²) < 4.78 is 5.15. The summed E-state index contributed by atoms with van der Waals surface area (Å²) in [6.45, 7) is 12.6. The lowest BCUT2D eigenvalue weighted by Crippen LogP contribution is -2.57. The molecule has 0 aliphatic carbocycles. The maximum Gasteiger partial charge on any atom is 0.408 e. The van der Waals surface area contributed by atoms with Crippen LogP contribution in [0.3, 0.4) is 0 Å². The van der Waals surface area contributed by atoms with Crippen molar-refractivity contribution < 1.29 is 23.9 Å². The Hall–Kier alpha value is -2.52. The molecular weight excluding hydrogens is 366 g/mol. The summed E-state index contributed by atoms with van der Waals surface area (Å²) in [7, 11) is 0. The van der Waals surface area contributed by atoms with Crippen LogP contribution in [0, 0.1) is 0 Å². The molecule has 0 saturated carbocycles. The molecule has 28 heavy (non-hydrogen) atoms. The summed E-state index contributed by atoms with van der Waals surface area (Å²) in [5, 5.41) is 10.3. The Morgan fingerprint density at radius 1 is 0.857 bits per heavy atom. The van der Waals surface area contributed by atoms with E-state index in [2.05, 4.69) is 16.0 Å². The van der Waals surface area contributed by atoms with E-state index in [1.165, 1.54) is 16.9 Å². The second kappa shape index (κ2) is 9.61.